The van der Waals surface area contributed by atoms with E-state index in [1.165, 1.54) is 16.2 Å². The van der Waals surface area contributed by atoms with Crippen molar-refractivity contribution in [2.45, 2.75) is 33.2 Å². The molecule has 0 saturated carbocycles. The van der Waals surface area contributed by atoms with Crippen molar-refractivity contribution in [1.82, 2.24) is 4.98 Å². The third-order valence-corrected chi connectivity index (χ3v) is 7.74. The first-order chi connectivity index (χ1) is 20.4. The minimum absolute atomic E-state index is 0.0503. The van der Waals surface area contributed by atoms with Crippen molar-refractivity contribution in [1.29, 1.82) is 0 Å². The average Bonchev–Trinajstić information content (AvgIpc) is 3.54. The second kappa shape index (κ2) is 12.5. The van der Waals surface area contributed by atoms with E-state index in [0.717, 1.165) is 11.1 Å². The van der Waals surface area contributed by atoms with Crippen LogP contribution in [0.3, 0.4) is 0 Å². The monoisotopic (exact) mass is 588 g/mol. The van der Waals surface area contributed by atoms with Crippen LogP contribution in [0.15, 0.2) is 66.2 Å². The first-order valence-corrected chi connectivity index (χ1v) is 14.6. The van der Waals surface area contributed by atoms with Gasteiger partial charge in [-0.25, -0.2) is 4.98 Å². The molecule has 4 aromatic rings. The zero-order valence-corrected chi connectivity index (χ0v) is 24.7. The van der Waals surface area contributed by atoms with Gasteiger partial charge in [0.1, 0.15) is 17.3 Å². The Kier molecular flexibility index (Phi) is 8.63. The lowest BCUT2D eigenvalue weighted by Crippen LogP contribution is -2.29. The van der Waals surface area contributed by atoms with Crippen LogP contribution in [0.25, 0.3) is 16.0 Å². The topological polar surface area (TPSA) is 107 Å². The molecule has 218 valence electrons. The van der Waals surface area contributed by atoms with Crippen molar-refractivity contribution < 1.29 is 33.6 Å². The van der Waals surface area contributed by atoms with Crippen LogP contribution in [0.4, 0.5) is 5.13 Å². The van der Waals surface area contributed by atoms with E-state index >= 15 is 0 Å². The number of benzene rings is 3. The van der Waals surface area contributed by atoms with Crippen molar-refractivity contribution in [3.8, 4) is 23.0 Å². The summed E-state index contributed by atoms with van der Waals surface area (Å²) in [5.74, 6) is 0.398. The molecule has 3 aromatic carbocycles. The zero-order chi connectivity index (χ0) is 29.8. The third kappa shape index (κ3) is 5.49. The summed E-state index contributed by atoms with van der Waals surface area (Å²) < 4.78 is 23.4. The van der Waals surface area contributed by atoms with E-state index in [0.29, 0.717) is 64.6 Å². The maximum absolute atomic E-state index is 13.7. The molecule has 2 heterocycles. The number of carbonyl (C=O) groups excluding carboxylic acids is 2. The Morgan fingerprint density at radius 1 is 0.905 bits per heavy atom. The van der Waals surface area contributed by atoms with E-state index in [9.17, 15) is 14.7 Å². The number of fused-ring (bicyclic) bond motifs is 1. The van der Waals surface area contributed by atoms with Crippen molar-refractivity contribution in [3.63, 3.8) is 0 Å². The molecule has 9 nitrogen and oxygen atoms in total. The summed E-state index contributed by atoms with van der Waals surface area (Å²) in [7, 11) is 1.58. The number of hydrogen-bond donors (Lipinski definition) is 1. The summed E-state index contributed by atoms with van der Waals surface area (Å²) in [6, 6.07) is 16.5. The number of ether oxygens (including phenoxy) is 4. The van der Waals surface area contributed by atoms with Crippen LogP contribution in [0.1, 0.15) is 44.4 Å². The number of ketones is 1. The van der Waals surface area contributed by atoms with Crippen molar-refractivity contribution in [3.05, 3.63) is 77.4 Å². The smallest absolute Gasteiger partial charge is 0.301 e. The number of aliphatic hydroxyl groups excluding tert-OH is 1. The predicted molar refractivity (Wildman–Crippen MR) is 162 cm³/mol. The van der Waals surface area contributed by atoms with Gasteiger partial charge in [0.15, 0.2) is 16.6 Å². The molecule has 1 aromatic heterocycles. The number of Topliss-reactive ketones (excluding diaryl/α,β-unsaturated/α-hetero) is 1. The number of methoxy groups -OCH3 is 1. The number of thiazole rings is 1. The SMILES string of the molecule is CCCOc1ccc(C(O)=C2C(=O)C(=O)N(c3nc4ccc(OC)cc4s3)C2c2ccc(OCC)c(OCC)c2)cc1. The fourth-order valence-electron chi connectivity index (χ4n) is 4.79. The Morgan fingerprint density at radius 3 is 2.31 bits per heavy atom. The molecule has 0 spiro atoms. The highest BCUT2D eigenvalue weighted by molar-refractivity contribution is 7.22. The molecule has 5 rings (SSSR count). The highest BCUT2D eigenvalue weighted by atomic mass is 32.1. The molecule has 0 aliphatic carbocycles. The van der Waals surface area contributed by atoms with Crippen molar-refractivity contribution in [2.75, 3.05) is 31.8 Å². The second-order valence-electron chi connectivity index (χ2n) is 9.44. The van der Waals surface area contributed by atoms with E-state index < -0.39 is 17.7 Å². The zero-order valence-electron chi connectivity index (χ0n) is 23.9. The summed E-state index contributed by atoms with van der Waals surface area (Å²) in [6.07, 6.45) is 0.857. The summed E-state index contributed by atoms with van der Waals surface area (Å²) in [5, 5.41) is 11.9. The first-order valence-electron chi connectivity index (χ1n) is 13.8. The lowest BCUT2D eigenvalue weighted by atomic mass is 9.95. The fraction of sp³-hybridized carbons (Fsp3) is 0.281. The van der Waals surface area contributed by atoms with E-state index in [1.54, 1.807) is 61.7 Å². The van der Waals surface area contributed by atoms with Crippen LogP contribution >= 0.6 is 11.3 Å². The number of aromatic nitrogens is 1. The van der Waals surface area contributed by atoms with E-state index in [4.69, 9.17) is 18.9 Å². The third-order valence-electron chi connectivity index (χ3n) is 6.72. The van der Waals surface area contributed by atoms with E-state index in [2.05, 4.69) is 4.98 Å². The highest BCUT2D eigenvalue weighted by Crippen LogP contribution is 2.46. The molecule has 1 atom stereocenters. The molecule has 1 aliphatic rings. The Labute approximate surface area is 247 Å². The van der Waals surface area contributed by atoms with Crippen LogP contribution in [0.5, 0.6) is 23.0 Å². The van der Waals surface area contributed by atoms with Gasteiger partial charge in [-0.05, 0) is 80.4 Å². The summed E-state index contributed by atoms with van der Waals surface area (Å²) in [5.41, 5.74) is 1.54. The van der Waals surface area contributed by atoms with Crippen LogP contribution < -0.4 is 23.8 Å². The first kappa shape index (κ1) is 28.9. The van der Waals surface area contributed by atoms with Gasteiger partial charge in [0.2, 0.25) is 0 Å². The number of aliphatic hydroxyl groups is 1. The Hall–Kier alpha value is -4.57. The van der Waals surface area contributed by atoms with Gasteiger partial charge in [-0.3, -0.25) is 14.5 Å². The Bertz CT molecular complexity index is 1640. The van der Waals surface area contributed by atoms with Gasteiger partial charge < -0.3 is 24.1 Å². The Balaban J connectivity index is 1.68. The van der Waals surface area contributed by atoms with Gasteiger partial charge in [0, 0.05) is 5.56 Å². The molecule has 1 amide bonds. The molecule has 1 aliphatic heterocycles. The number of hydrogen-bond acceptors (Lipinski definition) is 9. The van der Waals surface area contributed by atoms with Crippen LogP contribution in [-0.2, 0) is 9.59 Å². The second-order valence-corrected chi connectivity index (χ2v) is 10.5. The molecule has 10 heteroatoms. The van der Waals surface area contributed by atoms with Crippen LogP contribution in [-0.4, -0.2) is 48.7 Å². The van der Waals surface area contributed by atoms with Gasteiger partial charge in [-0.2, -0.15) is 0 Å². The summed E-state index contributed by atoms with van der Waals surface area (Å²) in [4.78, 5) is 33.4. The number of carbonyl (C=O) groups is 2. The number of amides is 1. The van der Waals surface area contributed by atoms with Gasteiger partial charge in [0.25, 0.3) is 5.78 Å². The lowest BCUT2D eigenvalue weighted by molar-refractivity contribution is -0.132. The molecular formula is C32H32N2O7S. The summed E-state index contributed by atoms with van der Waals surface area (Å²) in [6.45, 7) is 7.13. The van der Waals surface area contributed by atoms with Gasteiger partial charge in [0.05, 0.1) is 48.8 Å². The van der Waals surface area contributed by atoms with Crippen molar-refractivity contribution >= 4 is 44.1 Å². The summed E-state index contributed by atoms with van der Waals surface area (Å²) >= 11 is 1.26. The standard InChI is InChI=1S/C32H32N2O7S/c1-5-16-41-21-11-8-19(9-12-21)29(35)27-28(20-10-15-24(39-6-2)25(17-20)40-7-3)34(31(37)30(27)36)32-33-23-14-13-22(38-4)18-26(23)42-32/h8-15,17-18,28,35H,5-7,16H2,1-4H3. The maximum Gasteiger partial charge on any atom is 0.301 e. The minimum Gasteiger partial charge on any atom is -0.507 e. The van der Waals surface area contributed by atoms with Gasteiger partial charge >= 0.3 is 5.91 Å². The maximum atomic E-state index is 13.7. The van der Waals surface area contributed by atoms with Crippen LogP contribution in [0, 0.1) is 0 Å². The van der Waals surface area contributed by atoms with Gasteiger partial charge in [-0.1, -0.05) is 24.3 Å². The molecule has 42 heavy (non-hydrogen) atoms. The largest absolute Gasteiger partial charge is 0.507 e. The number of rotatable bonds is 11. The molecule has 1 N–H and O–H groups in total. The molecular weight excluding hydrogens is 556 g/mol. The minimum atomic E-state index is -0.974. The molecule has 1 saturated heterocycles. The fourth-order valence-corrected chi connectivity index (χ4v) is 5.81. The normalized spacial score (nSPS) is 16.2. The molecule has 0 radical (unpaired) electrons. The predicted octanol–water partition coefficient (Wildman–Crippen LogP) is 6.52. The quantitative estimate of drug-likeness (QED) is 0.120. The van der Waals surface area contributed by atoms with Gasteiger partial charge in [-0.15, -0.1) is 0 Å². The average molecular weight is 589 g/mol. The highest BCUT2D eigenvalue weighted by Gasteiger charge is 2.48. The Morgan fingerprint density at radius 2 is 1.62 bits per heavy atom. The van der Waals surface area contributed by atoms with Crippen LogP contribution in [0.2, 0.25) is 0 Å². The van der Waals surface area contributed by atoms with Crippen molar-refractivity contribution in [2.24, 2.45) is 0 Å². The van der Waals surface area contributed by atoms with E-state index in [1.807, 2.05) is 26.8 Å². The molecule has 1 fully saturated rings. The van der Waals surface area contributed by atoms with E-state index in [-0.39, 0.29) is 11.3 Å². The molecule has 0 bridgehead atoms. The molecule has 1 unspecified atom stereocenters. The number of nitrogens with zero attached hydrogens (tertiary/aromatic N) is 2. The number of anilines is 1. The lowest BCUT2D eigenvalue weighted by Gasteiger charge is -2.24.